The van der Waals surface area contributed by atoms with Crippen LogP contribution in [-0.4, -0.2) is 13.0 Å². The fraction of sp³-hybridized carbons (Fsp3) is 0.562. The Morgan fingerprint density at radius 1 is 1.30 bits per heavy atom. The van der Waals surface area contributed by atoms with Crippen LogP contribution >= 0.6 is 0 Å². The molecule has 110 valence electrons. The number of carbonyl (C=O) groups is 1. The van der Waals surface area contributed by atoms with Crippen molar-refractivity contribution in [2.45, 2.75) is 44.9 Å². The summed E-state index contributed by atoms with van der Waals surface area (Å²) in [4.78, 5) is 12.1. The van der Waals surface area contributed by atoms with Crippen LogP contribution in [0.1, 0.15) is 44.9 Å². The molecule has 1 aliphatic carbocycles. The summed E-state index contributed by atoms with van der Waals surface area (Å²) < 4.78 is 5.15. The Labute approximate surface area is 120 Å². The fourth-order valence-electron chi connectivity index (χ4n) is 2.80. The molecule has 1 saturated carbocycles. The molecule has 1 aromatic rings. The van der Waals surface area contributed by atoms with E-state index >= 15 is 0 Å². The van der Waals surface area contributed by atoms with Crippen LogP contribution in [0.15, 0.2) is 18.2 Å². The van der Waals surface area contributed by atoms with Crippen LogP contribution in [0.4, 0.5) is 11.4 Å². The van der Waals surface area contributed by atoms with Crippen LogP contribution in [0.25, 0.3) is 0 Å². The Morgan fingerprint density at radius 3 is 2.65 bits per heavy atom. The summed E-state index contributed by atoms with van der Waals surface area (Å²) in [5, 5.41) is 2.91. The minimum atomic E-state index is 0.0526. The molecule has 0 atom stereocenters. The van der Waals surface area contributed by atoms with Gasteiger partial charge >= 0.3 is 0 Å². The number of rotatable bonds is 4. The first kappa shape index (κ1) is 14.7. The van der Waals surface area contributed by atoms with E-state index in [0.717, 1.165) is 0 Å². The van der Waals surface area contributed by atoms with Gasteiger partial charge in [0.1, 0.15) is 5.75 Å². The number of benzene rings is 1. The Hall–Kier alpha value is -1.71. The number of amides is 1. The normalized spacial score (nSPS) is 16.4. The van der Waals surface area contributed by atoms with Crippen molar-refractivity contribution in [3.8, 4) is 5.75 Å². The smallest absolute Gasteiger partial charge is 0.224 e. The minimum absolute atomic E-state index is 0.0526. The number of anilines is 2. The minimum Gasteiger partial charge on any atom is -0.497 e. The Kier molecular flexibility index (Phi) is 5.27. The van der Waals surface area contributed by atoms with E-state index in [2.05, 4.69) is 5.32 Å². The second-order valence-electron chi connectivity index (χ2n) is 5.56. The van der Waals surface area contributed by atoms with E-state index in [-0.39, 0.29) is 5.91 Å². The monoisotopic (exact) mass is 276 g/mol. The first-order valence-electron chi connectivity index (χ1n) is 7.42. The van der Waals surface area contributed by atoms with Crippen LogP contribution in [0.2, 0.25) is 0 Å². The number of ether oxygens (including phenoxy) is 1. The van der Waals surface area contributed by atoms with Crippen molar-refractivity contribution < 1.29 is 9.53 Å². The molecular formula is C16H24N2O2. The van der Waals surface area contributed by atoms with Crippen LogP contribution in [0.5, 0.6) is 5.75 Å². The van der Waals surface area contributed by atoms with E-state index in [0.29, 0.717) is 29.5 Å². The highest BCUT2D eigenvalue weighted by Crippen LogP contribution is 2.28. The largest absolute Gasteiger partial charge is 0.497 e. The number of nitrogens with one attached hydrogen (secondary N) is 1. The number of nitrogen functional groups attached to an aromatic ring is 1. The molecule has 4 nitrogen and oxygen atoms in total. The van der Waals surface area contributed by atoms with E-state index in [1.165, 1.54) is 38.5 Å². The van der Waals surface area contributed by atoms with Gasteiger partial charge in [0.05, 0.1) is 18.5 Å². The van der Waals surface area contributed by atoms with Gasteiger partial charge in [-0.3, -0.25) is 4.79 Å². The molecule has 0 spiro atoms. The molecule has 1 fully saturated rings. The van der Waals surface area contributed by atoms with Crippen LogP contribution in [0, 0.1) is 5.92 Å². The maximum absolute atomic E-state index is 12.1. The van der Waals surface area contributed by atoms with Gasteiger partial charge in [0.25, 0.3) is 0 Å². The zero-order valence-corrected chi connectivity index (χ0v) is 12.2. The van der Waals surface area contributed by atoms with Crippen LogP contribution in [0.3, 0.4) is 0 Å². The molecular weight excluding hydrogens is 252 g/mol. The van der Waals surface area contributed by atoms with Gasteiger partial charge in [0, 0.05) is 12.5 Å². The molecule has 0 aromatic heterocycles. The van der Waals surface area contributed by atoms with Gasteiger partial charge in [-0.1, -0.05) is 25.7 Å². The van der Waals surface area contributed by atoms with Gasteiger partial charge in [-0.15, -0.1) is 0 Å². The number of methoxy groups -OCH3 is 1. The number of nitrogens with two attached hydrogens (primary N) is 1. The fourth-order valence-corrected chi connectivity index (χ4v) is 2.80. The van der Waals surface area contributed by atoms with Crippen LogP contribution < -0.4 is 15.8 Å². The van der Waals surface area contributed by atoms with E-state index in [1.54, 1.807) is 25.3 Å². The lowest BCUT2D eigenvalue weighted by Gasteiger charge is -2.15. The molecule has 1 amide bonds. The van der Waals surface area contributed by atoms with Crippen molar-refractivity contribution in [2.75, 3.05) is 18.2 Å². The number of hydrogen-bond donors (Lipinski definition) is 2. The molecule has 1 aliphatic rings. The average molecular weight is 276 g/mol. The summed E-state index contributed by atoms with van der Waals surface area (Å²) >= 11 is 0. The SMILES string of the molecule is COc1ccc(N)c(NC(=O)CC2CCCCCC2)c1. The predicted octanol–water partition coefficient (Wildman–Crippen LogP) is 3.58. The zero-order chi connectivity index (χ0) is 14.4. The van der Waals surface area contributed by atoms with E-state index < -0.39 is 0 Å². The maximum Gasteiger partial charge on any atom is 0.224 e. The number of hydrogen-bond acceptors (Lipinski definition) is 3. The van der Waals surface area contributed by atoms with Crippen LogP contribution in [-0.2, 0) is 4.79 Å². The third-order valence-corrected chi connectivity index (χ3v) is 3.98. The highest BCUT2D eigenvalue weighted by Gasteiger charge is 2.16. The summed E-state index contributed by atoms with van der Waals surface area (Å²) in [6.07, 6.45) is 8.04. The molecule has 0 saturated heterocycles. The third kappa shape index (κ3) is 4.15. The molecule has 4 heteroatoms. The van der Waals surface area contributed by atoms with Crippen molar-refractivity contribution in [2.24, 2.45) is 5.92 Å². The van der Waals surface area contributed by atoms with Crippen molar-refractivity contribution in [1.29, 1.82) is 0 Å². The first-order chi connectivity index (χ1) is 9.69. The van der Waals surface area contributed by atoms with Gasteiger partial charge in [-0.2, -0.15) is 0 Å². The molecule has 0 aliphatic heterocycles. The van der Waals surface area contributed by atoms with E-state index in [9.17, 15) is 4.79 Å². The van der Waals surface area contributed by atoms with Crippen molar-refractivity contribution in [3.05, 3.63) is 18.2 Å². The average Bonchev–Trinajstić information content (AvgIpc) is 2.70. The second kappa shape index (κ2) is 7.17. The molecule has 0 radical (unpaired) electrons. The highest BCUT2D eigenvalue weighted by atomic mass is 16.5. The van der Waals surface area contributed by atoms with Gasteiger partial charge in [-0.05, 0) is 30.9 Å². The predicted molar refractivity (Wildman–Crippen MR) is 81.8 cm³/mol. The van der Waals surface area contributed by atoms with Gasteiger partial charge in [0.15, 0.2) is 0 Å². The first-order valence-corrected chi connectivity index (χ1v) is 7.42. The van der Waals surface area contributed by atoms with Crippen molar-refractivity contribution in [1.82, 2.24) is 0 Å². The lowest BCUT2D eigenvalue weighted by atomic mass is 9.96. The Morgan fingerprint density at radius 2 is 2.00 bits per heavy atom. The summed E-state index contributed by atoms with van der Waals surface area (Å²) in [5.74, 6) is 1.27. The molecule has 3 N–H and O–H groups in total. The highest BCUT2D eigenvalue weighted by molar-refractivity contribution is 5.94. The molecule has 0 bridgehead atoms. The second-order valence-corrected chi connectivity index (χ2v) is 5.56. The quantitative estimate of drug-likeness (QED) is 0.652. The summed E-state index contributed by atoms with van der Waals surface area (Å²) in [6.45, 7) is 0. The summed E-state index contributed by atoms with van der Waals surface area (Å²) in [5.41, 5.74) is 7.09. The van der Waals surface area contributed by atoms with Gasteiger partial charge in [-0.25, -0.2) is 0 Å². The Balaban J connectivity index is 1.93. The lowest BCUT2D eigenvalue weighted by molar-refractivity contribution is -0.117. The van der Waals surface area contributed by atoms with E-state index in [1.807, 2.05) is 0 Å². The third-order valence-electron chi connectivity index (χ3n) is 3.98. The number of carbonyl (C=O) groups excluding carboxylic acids is 1. The topological polar surface area (TPSA) is 64.3 Å². The zero-order valence-electron chi connectivity index (χ0n) is 12.2. The molecule has 0 unspecified atom stereocenters. The Bertz CT molecular complexity index is 452. The van der Waals surface area contributed by atoms with Crippen molar-refractivity contribution >= 4 is 17.3 Å². The van der Waals surface area contributed by atoms with Gasteiger partial charge < -0.3 is 15.8 Å². The molecule has 2 rings (SSSR count). The molecule has 20 heavy (non-hydrogen) atoms. The maximum atomic E-state index is 12.1. The lowest BCUT2D eigenvalue weighted by Crippen LogP contribution is -2.17. The van der Waals surface area contributed by atoms with Crippen molar-refractivity contribution in [3.63, 3.8) is 0 Å². The summed E-state index contributed by atoms with van der Waals surface area (Å²) in [6, 6.07) is 5.30. The molecule has 0 heterocycles. The van der Waals surface area contributed by atoms with Gasteiger partial charge in [0.2, 0.25) is 5.91 Å². The summed E-state index contributed by atoms with van der Waals surface area (Å²) in [7, 11) is 1.60. The molecule has 1 aromatic carbocycles. The van der Waals surface area contributed by atoms with E-state index in [4.69, 9.17) is 10.5 Å². The standard InChI is InChI=1S/C16H24N2O2/c1-20-13-8-9-14(17)15(11-13)18-16(19)10-12-6-4-2-3-5-7-12/h8-9,11-12H,2-7,10,17H2,1H3,(H,18,19).